The quantitative estimate of drug-likeness (QED) is 0.773. The molecule has 0 spiro atoms. The third-order valence-electron chi connectivity index (χ3n) is 2.85. The van der Waals surface area contributed by atoms with Crippen LogP contribution in [0.2, 0.25) is 0 Å². The Kier molecular flexibility index (Phi) is 2.86. The molecule has 1 aliphatic heterocycles. The van der Waals surface area contributed by atoms with Crippen molar-refractivity contribution in [2.24, 2.45) is 5.92 Å². The topological polar surface area (TPSA) is 46.3 Å². The molecule has 0 radical (unpaired) electrons. The van der Waals surface area contributed by atoms with Crippen molar-refractivity contribution in [3.63, 3.8) is 0 Å². The number of carbonyl (C=O) groups excluding carboxylic acids is 1. The van der Waals surface area contributed by atoms with E-state index >= 15 is 0 Å². The number of rotatable bonds is 2. The number of hydrogen-bond donors (Lipinski definition) is 1. The van der Waals surface area contributed by atoms with Crippen LogP contribution in [-0.2, 0) is 11.2 Å². The monoisotopic (exact) mass is 218 g/mol. The van der Waals surface area contributed by atoms with E-state index in [9.17, 15) is 4.79 Å². The first-order chi connectivity index (χ1) is 7.58. The van der Waals surface area contributed by atoms with Crippen molar-refractivity contribution in [3.8, 4) is 0 Å². The summed E-state index contributed by atoms with van der Waals surface area (Å²) in [5.74, 6) is 0.707. The summed E-state index contributed by atoms with van der Waals surface area (Å²) in [6, 6.07) is 5.81. The highest BCUT2D eigenvalue weighted by Gasteiger charge is 2.24. The van der Waals surface area contributed by atoms with Gasteiger partial charge in [-0.15, -0.1) is 0 Å². The molecule has 16 heavy (non-hydrogen) atoms. The Morgan fingerprint density at radius 1 is 1.38 bits per heavy atom. The molecule has 1 aromatic rings. The minimum Gasteiger partial charge on any atom is -0.399 e. The molecule has 0 saturated heterocycles. The van der Waals surface area contributed by atoms with E-state index < -0.39 is 0 Å². The maximum atomic E-state index is 11.9. The molecule has 1 aromatic carbocycles. The van der Waals surface area contributed by atoms with Crippen molar-refractivity contribution in [2.45, 2.75) is 26.7 Å². The van der Waals surface area contributed by atoms with Gasteiger partial charge in [0.2, 0.25) is 5.91 Å². The van der Waals surface area contributed by atoms with Crippen LogP contribution in [0.4, 0.5) is 11.4 Å². The summed E-state index contributed by atoms with van der Waals surface area (Å²) in [5, 5.41) is 0. The lowest BCUT2D eigenvalue weighted by Gasteiger charge is -2.31. The Morgan fingerprint density at radius 3 is 2.81 bits per heavy atom. The van der Waals surface area contributed by atoms with Crippen LogP contribution in [0.5, 0.6) is 0 Å². The number of fused-ring (bicyclic) bond motifs is 1. The molecule has 0 atom stereocenters. The lowest BCUT2D eigenvalue weighted by molar-refractivity contribution is -0.119. The SMILES string of the molecule is CC(C)CN1C(=O)CCc2cc(N)ccc21. The number of benzene rings is 1. The third-order valence-corrected chi connectivity index (χ3v) is 2.85. The van der Waals surface area contributed by atoms with E-state index in [-0.39, 0.29) is 5.91 Å². The summed E-state index contributed by atoms with van der Waals surface area (Å²) >= 11 is 0. The van der Waals surface area contributed by atoms with Crippen molar-refractivity contribution in [3.05, 3.63) is 23.8 Å². The van der Waals surface area contributed by atoms with Crippen LogP contribution in [-0.4, -0.2) is 12.5 Å². The molecule has 2 rings (SSSR count). The predicted molar refractivity (Wildman–Crippen MR) is 66.4 cm³/mol. The van der Waals surface area contributed by atoms with Crippen LogP contribution < -0.4 is 10.6 Å². The van der Waals surface area contributed by atoms with Gasteiger partial charge in [-0.1, -0.05) is 13.8 Å². The molecule has 0 aliphatic carbocycles. The number of nitrogens with two attached hydrogens (primary N) is 1. The fourth-order valence-electron chi connectivity index (χ4n) is 2.15. The number of nitrogens with zero attached hydrogens (tertiary/aromatic N) is 1. The molecule has 0 aromatic heterocycles. The van der Waals surface area contributed by atoms with Crippen LogP contribution in [0.15, 0.2) is 18.2 Å². The largest absolute Gasteiger partial charge is 0.399 e. The molecular formula is C13H18N2O. The van der Waals surface area contributed by atoms with Crippen LogP contribution in [0.3, 0.4) is 0 Å². The number of aryl methyl sites for hydroxylation is 1. The summed E-state index contributed by atoms with van der Waals surface area (Å²) in [6.07, 6.45) is 1.41. The molecule has 3 heteroatoms. The van der Waals surface area contributed by atoms with Gasteiger partial charge < -0.3 is 10.6 Å². The van der Waals surface area contributed by atoms with Gasteiger partial charge in [0.15, 0.2) is 0 Å². The average molecular weight is 218 g/mol. The van der Waals surface area contributed by atoms with Crippen molar-refractivity contribution >= 4 is 17.3 Å². The summed E-state index contributed by atoms with van der Waals surface area (Å²) in [6.45, 7) is 5.04. The zero-order valence-electron chi connectivity index (χ0n) is 9.86. The molecular weight excluding hydrogens is 200 g/mol. The molecule has 1 heterocycles. The van der Waals surface area contributed by atoms with E-state index in [4.69, 9.17) is 5.73 Å². The van der Waals surface area contributed by atoms with E-state index in [1.807, 2.05) is 23.1 Å². The minimum atomic E-state index is 0.228. The molecule has 2 N–H and O–H groups in total. The van der Waals surface area contributed by atoms with Gasteiger partial charge in [0, 0.05) is 24.3 Å². The number of carbonyl (C=O) groups is 1. The standard InChI is InChI=1S/C13H18N2O/c1-9(2)8-15-12-5-4-11(14)7-10(12)3-6-13(15)16/h4-5,7,9H,3,6,8,14H2,1-2H3. The van der Waals surface area contributed by atoms with Crippen molar-refractivity contribution < 1.29 is 4.79 Å². The number of anilines is 2. The van der Waals surface area contributed by atoms with Gasteiger partial charge in [0.1, 0.15) is 0 Å². The summed E-state index contributed by atoms with van der Waals surface area (Å²) in [5.41, 5.74) is 8.77. The molecule has 0 fully saturated rings. The molecule has 0 unspecified atom stereocenters. The van der Waals surface area contributed by atoms with Crippen LogP contribution in [0.1, 0.15) is 25.8 Å². The predicted octanol–water partition coefficient (Wildman–Crippen LogP) is 2.20. The van der Waals surface area contributed by atoms with Crippen LogP contribution in [0, 0.1) is 5.92 Å². The Bertz CT molecular complexity index is 412. The summed E-state index contributed by atoms with van der Waals surface area (Å²) < 4.78 is 0. The Morgan fingerprint density at radius 2 is 2.12 bits per heavy atom. The Balaban J connectivity index is 2.36. The maximum Gasteiger partial charge on any atom is 0.227 e. The van der Waals surface area contributed by atoms with Gasteiger partial charge in [-0.3, -0.25) is 4.79 Å². The summed E-state index contributed by atoms with van der Waals surface area (Å²) in [7, 11) is 0. The zero-order valence-corrected chi connectivity index (χ0v) is 9.86. The normalized spacial score (nSPS) is 15.4. The van der Waals surface area contributed by atoms with E-state index in [1.54, 1.807) is 0 Å². The van der Waals surface area contributed by atoms with Crippen molar-refractivity contribution in [1.29, 1.82) is 0 Å². The zero-order chi connectivity index (χ0) is 11.7. The first-order valence-electron chi connectivity index (χ1n) is 5.76. The molecule has 3 nitrogen and oxygen atoms in total. The highest BCUT2D eigenvalue weighted by Crippen LogP contribution is 2.29. The second-order valence-electron chi connectivity index (χ2n) is 4.79. The molecule has 86 valence electrons. The van der Waals surface area contributed by atoms with Crippen LogP contribution in [0.25, 0.3) is 0 Å². The van der Waals surface area contributed by atoms with Gasteiger partial charge in [0.25, 0.3) is 0 Å². The van der Waals surface area contributed by atoms with Crippen molar-refractivity contribution in [2.75, 3.05) is 17.2 Å². The lowest BCUT2D eigenvalue weighted by Crippen LogP contribution is -2.37. The number of nitrogen functional groups attached to an aromatic ring is 1. The van der Waals surface area contributed by atoms with Gasteiger partial charge in [0.05, 0.1) is 0 Å². The average Bonchev–Trinajstić information content (AvgIpc) is 2.22. The molecule has 0 bridgehead atoms. The molecule has 1 aliphatic rings. The Labute approximate surface area is 96.2 Å². The van der Waals surface area contributed by atoms with E-state index in [0.29, 0.717) is 12.3 Å². The summed E-state index contributed by atoms with van der Waals surface area (Å²) in [4.78, 5) is 13.8. The van der Waals surface area contributed by atoms with Gasteiger partial charge >= 0.3 is 0 Å². The van der Waals surface area contributed by atoms with E-state index in [2.05, 4.69) is 13.8 Å². The maximum absolute atomic E-state index is 11.9. The first-order valence-corrected chi connectivity index (χ1v) is 5.76. The fraction of sp³-hybridized carbons (Fsp3) is 0.462. The van der Waals surface area contributed by atoms with Gasteiger partial charge in [-0.25, -0.2) is 0 Å². The van der Waals surface area contributed by atoms with Gasteiger partial charge in [-0.2, -0.15) is 0 Å². The number of amides is 1. The molecule has 0 saturated carbocycles. The minimum absolute atomic E-state index is 0.228. The third kappa shape index (κ3) is 2.03. The van der Waals surface area contributed by atoms with Crippen molar-refractivity contribution in [1.82, 2.24) is 0 Å². The highest BCUT2D eigenvalue weighted by molar-refractivity contribution is 5.96. The second kappa shape index (κ2) is 4.16. The highest BCUT2D eigenvalue weighted by atomic mass is 16.2. The Hall–Kier alpha value is -1.51. The van der Waals surface area contributed by atoms with E-state index in [1.165, 1.54) is 5.56 Å². The van der Waals surface area contributed by atoms with Crippen LogP contribution >= 0.6 is 0 Å². The van der Waals surface area contributed by atoms with E-state index in [0.717, 1.165) is 24.3 Å². The first kappa shape index (κ1) is 11.0. The second-order valence-corrected chi connectivity index (χ2v) is 4.79. The molecule has 1 amide bonds. The lowest BCUT2D eigenvalue weighted by atomic mass is 9.99. The fourth-order valence-corrected chi connectivity index (χ4v) is 2.15. The smallest absolute Gasteiger partial charge is 0.227 e. The number of hydrogen-bond acceptors (Lipinski definition) is 2. The van der Waals surface area contributed by atoms with Gasteiger partial charge in [-0.05, 0) is 36.1 Å².